The average Bonchev–Trinajstić information content (AvgIpc) is 2.68. The molecule has 1 aliphatic heterocycles. The second-order valence-corrected chi connectivity index (χ2v) is 6.12. The Labute approximate surface area is 159 Å². The van der Waals surface area contributed by atoms with E-state index in [0.717, 1.165) is 25.9 Å². The number of ketones is 1. The van der Waals surface area contributed by atoms with Crippen LogP contribution in [-0.4, -0.2) is 37.4 Å². The van der Waals surface area contributed by atoms with Crippen LogP contribution < -0.4 is 15.4 Å². The Balaban J connectivity index is 0.00000243. The number of nitrogens with one attached hydrogen (secondary N) is 2. The van der Waals surface area contributed by atoms with Crippen LogP contribution in [0.5, 0.6) is 5.75 Å². The summed E-state index contributed by atoms with van der Waals surface area (Å²) in [6.45, 7) is 1.79. The average molecular weight is 375 g/mol. The Morgan fingerprint density at radius 1 is 1.04 bits per heavy atom. The molecule has 1 aliphatic rings. The summed E-state index contributed by atoms with van der Waals surface area (Å²) in [6, 6.07) is 16.2. The smallest absolute Gasteiger partial charge is 0.258 e. The zero-order chi connectivity index (χ0) is 17.5. The molecule has 1 atom stereocenters. The van der Waals surface area contributed by atoms with E-state index in [1.807, 2.05) is 18.2 Å². The van der Waals surface area contributed by atoms with Crippen LogP contribution in [0, 0.1) is 0 Å². The first-order chi connectivity index (χ1) is 12.2. The van der Waals surface area contributed by atoms with Gasteiger partial charge in [-0.25, -0.2) is 0 Å². The van der Waals surface area contributed by atoms with Crippen LogP contribution >= 0.6 is 12.4 Å². The first-order valence-corrected chi connectivity index (χ1v) is 8.55. The number of amides is 1. The fraction of sp³-hybridized carbons (Fsp3) is 0.300. The van der Waals surface area contributed by atoms with Gasteiger partial charge in [0.25, 0.3) is 5.91 Å². The maximum Gasteiger partial charge on any atom is 0.258 e. The summed E-state index contributed by atoms with van der Waals surface area (Å²) in [4.78, 5) is 24.3. The van der Waals surface area contributed by atoms with Crippen LogP contribution in [-0.2, 0) is 4.79 Å². The minimum absolute atomic E-state index is 0. The van der Waals surface area contributed by atoms with Gasteiger partial charge in [0.2, 0.25) is 0 Å². The lowest BCUT2D eigenvalue weighted by atomic mass is 10.0. The van der Waals surface area contributed by atoms with Gasteiger partial charge in [-0.15, -0.1) is 12.4 Å². The number of rotatable bonds is 6. The molecule has 0 bridgehead atoms. The maximum absolute atomic E-state index is 12.3. The summed E-state index contributed by atoms with van der Waals surface area (Å²) >= 11 is 0. The van der Waals surface area contributed by atoms with Crippen molar-refractivity contribution in [3.05, 3.63) is 65.7 Å². The summed E-state index contributed by atoms with van der Waals surface area (Å²) in [6.07, 6.45) is 2.07. The molecule has 0 radical (unpaired) electrons. The third kappa shape index (κ3) is 5.58. The van der Waals surface area contributed by atoms with E-state index in [0.29, 0.717) is 16.9 Å². The van der Waals surface area contributed by atoms with Gasteiger partial charge >= 0.3 is 0 Å². The van der Waals surface area contributed by atoms with E-state index in [4.69, 9.17) is 4.74 Å². The second-order valence-electron chi connectivity index (χ2n) is 6.12. The molecule has 0 spiro atoms. The van der Waals surface area contributed by atoms with Gasteiger partial charge in [0.1, 0.15) is 5.75 Å². The van der Waals surface area contributed by atoms with Gasteiger partial charge in [-0.2, -0.15) is 0 Å². The molecule has 0 aromatic heterocycles. The van der Waals surface area contributed by atoms with Gasteiger partial charge in [-0.05, 0) is 43.7 Å². The predicted octanol–water partition coefficient (Wildman–Crippen LogP) is 2.59. The Morgan fingerprint density at radius 3 is 2.38 bits per heavy atom. The summed E-state index contributed by atoms with van der Waals surface area (Å²) in [5.74, 6) is 0.411. The normalized spacial score (nSPS) is 16.2. The molecule has 1 heterocycles. The lowest BCUT2D eigenvalue weighted by Crippen LogP contribution is -2.46. The fourth-order valence-corrected chi connectivity index (χ4v) is 2.85. The molecule has 1 unspecified atom stereocenters. The first kappa shape index (κ1) is 19.9. The highest BCUT2D eigenvalue weighted by Crippen LogP contribution is 2.15. The van der Waals surface area contributed by atoms with Crippen molar-refractivity contribution in [1.29, 1.82) is 0 Å². The van der Waals surface area contributed by atoms with Gasteiger partial charge in [0.05, 0.1) is 0 Å². The van der Waals surface area contributed by atoms with Crippen LogP contribution in [0.4, 0.5) is 0 Å². The van der Waals surface area contributed by atoms with Crippen molar-refractivity contribution in [3.63, 3.8) is 0 Å². The quantitative estimate of drug-likeness (QED) is 0.763. The monoisotopic (exact) mass is 374 g/mol. The predicted molar refractivity (Wildman–Crippen MR) is 103 cm³/mol. The van der Waals surface area contributed by atoms with Crippen molar-refractivity contribution in [2.45, 2.75) is 18.9 Å². The zero-order valence-corrected chi connectivity index (χ0v) is 15.3. The zero-order valence-electron chi connectivity index (χ0n) is 14.4. The molecule has 1 saturated heterocycles. The number of hydrogen-bond donors (Lipinski definition) is 2. The molecule has 0 saturated carbocycles. The maximum atomic E-state index is 12.3. The molecule has 26 heavy (non-hydrogen) atoms. The van der Waals surface area contributed by atoms with Gasteiger partial charge in [-0.1, -0.05) is 30.3 Å². The molecule has 2 N–H and O–H groups in total. The summed E-state index contributed by atoms with van der Waals surface area (Å²) in [7, 11) is 0. The molecular formula is C20H23ClN2O3. The van der Waals surface area contributed by atoms with Gasteiger partial charge in [0.15, 0.2) is 12.4 Å². The van der Waals surface area contributed by atoms with E-state index in [2.05, 4.69) is 10.6 Å². The number of carbonyl (C=O) groups excluding carboxylic acids is 2. The Morgan fingerprint density at radius 2 is 1.73 bits per heavy atom. The molecule has 3 rings (SSSR count). The summed E-state index contributed by atoms with van der Waals surface area (Å²) < 4.78 is 5.51. The number of piperidine rings is 1. The lowest BCUT2D eigenvalue weighted by molar-refractivity contribution is -0.123. The number of halogens is 1. The summed E-state index contributed by atoms with van der Waals surface area (Å²) in [5, 5.41) is 6.22. The molecule has 2 aromatic carbocycles. The number of carbonyl (C=O) groups is 2. The lowest BCUT2D eigenvalue weighted by Gasteiger charge is -2.23. The third-order valence-electron chi connectivity index (χ3n) is 4.18. The largest absolute Gasteiger partial charge is 0.484 e. The highest BCUT2D eigenvalue weighted by atomic mass is 35.5. The van der Waals surface area contributed by atoms with Crippen molar-refractivity contribution in [1.82, 2.24) is 10.6 Å². The van der Waals surface area contributed by atoms with E-state index < -0.39 is 0 Å². The third-order valence-corrected chi connectivity index (χ3v) is 4.18. The molecule has 138 valence electrons. The molecular weight excluding hydrogens is 352 g/mol. The fourth-order valence-electron chi connectivity index (χ4n) is 2.85. The summed E-state index contributed by atoms with van der Waals surface area (Å²) in [5.41, 5.74) is 1.24. The minimum Gasteiger partial charge on any atom is -0.484 e. The molecule has 6 heteroatoms. The Bertz CT molecular complexity index is 714. The van der Waals surface area contributed by atoms with E-state index in [-0.39, 0.29) is 36.7 Å². The number of ether oxygens (including phenoxy) is 1. The van der Waals surface area contributed by atoms with Crippen LogP contribution in [0.25, 0.3) is 0 Å². The Kier molecular flexibility index (Phi) is 7.63. The van der Waals surface area contributed by atoms with Crippen LogP contribution in [0.15, 0.2) is 54.6 Å². The molecule has 1 fully saturated rings. The second kappa shape index (κ2) is 9.94. The van der Waals surface area contributed by atoms with Crippen LogP contribution in [0.2, 0.25) is 0 Å². The van der Waals surface area contributed by atoms with E-state index in [1.165, 1.54) is 0 Å². The van der Waals surface area contributed by atoms with Crippen molar-refractivity contribution < 1.29 is 14.3 Å². The molecule has 1 amide bonds. The van der Waals surface area contributed by atoms with Crippen LogP contribution in [0.3, 0.4) is 0 Å². The topological polar surface area (TPSA) is 67.4 Å². The van der Waals surface area contributed by atoms with E-state index in [9.17, 15) is 9.59 Å². The number of benzene rings is 2. The van der Waals surface area contributed by atoms with E-state index in [1.54, 1.807) is 36.4 Å². The Hall–Kier alpha value is -2.37. The highest BCUT2D eigenvalue weighted by molar-refractivity contribution is 6.08. The SMILES string of the molecule is Cl.O=C(COc1ccc(C(=O)c2ccccc2)cc1)NC1CCCNC1. The first-order valence-electron chi connectivity index (χ1n) is 8.55. The van der Waals surface area contributed by atoms with Crippen molar-refractivity contribution in [3.8, 4) is 5.75 Å². The van der Waals surface area contributed by atoms with Crippen LogP contribution in [0.1, 0.15) is 28.8 Å². The van der Waals surface area contributed by atoms with Gasteiger partial charge in [0, 0.05) is 23.7 Å². The minimum atomic E-state index is -0.127. The van der Waals surface area contributed by atoms with Gasteiger partial charge in [-0.3, -0.25) is 9.59 Å². The van der Waals surface area contributed by atoms with E-state index >= 15 is 0 Å². The molecule has 5 nitrogen and oxygen atoms in total. The van der Waals surface area contributed by atoms with Crippen molar-refractivity contribution in [2.24, 2.45) is 0 Å². The highest BCUT2D eigenvalue weighted by Gasteiger charge is 2.15. The standard InChI is InChI=1S/C20H22N2O3.ClH/c23-19(22-17-7-4-12-21-13-17)14-25-18-10-8-16(9-11-18)20(24)15-5-2-1-3-6-15;/h1-3,5-6,8-11,17,21H,4,7,12-14H2,(H,22,23);1H. The van der Waals surface area contributed by atoms with Crippen molar-refractivity contribution in [2.75, 3.05) is 19.7 Å². The molecule has 2 aromatic rings. The van der Waals surface area contributed by atoms with Gasteiger partial charge < -0.3 is 15.4 Å². The number of hydrogen-bond acceptors (Lipinski definition) is 4. The van der Waals surface area contributed by atoms with Crippen molar-refractivity contribution >= 4 is 24.1 Å². The molecule has 0 aliphatic carbocycles.